The number of nitrogens with one attached hydrogen (secondary N) is 1. The lowest BCUT2D eigenvalue weighted by Crippen LogP contribution is -1.97. The largest absolute Gasteiger partial charge is 0.338 e. The minimum absolute atomic E-state index is 0.306. The van der Waals surface area contributed by atoms with Crippen LogP contribution in [0, 0.1) is 5.82 Å². The lowest BCUT2D eigenvalue weighted by molar-refractivity contribution is 0.619. The molecule has 0 spiro atoms. The van der Waals surface area contributed by atoms with E-state index in [1.807, 2.05) is 18.2 Å². The molecule has 2 aromatic heterocycles. The highest BCUT2D eigenvalue weighted by Gasteiger charge is 2.09. The predicted octanol–water partition coefficient (Wildman–Crippen LogP) is 4.74. The molecule has 0 saturated carbocycles. The average Bonchev–Trinajstić information content (AvgIpc) is 2.76. The molecule has 0 fully saturated rings. The molecule has 0 radical (unpaired) electrons. The Morgan fingerprint density at radius 2 is 1.84 bits per heavy atom. The van der Waals surface area contributed by atoms with Crippen molar-refractivity contribution < 1.29 is 4.39 Å². The van der Waals surface area contributed by atoms with Crippen LogP contribution in [-0.2, 0) is 0 Å². The standard InChI is InChI=1S/C13H8Br2FN3/c14-9-2-1-3-10(15)13(9)18-12-6-17-11-5-4-8(16)7-19(11)12/h1-7,18H. The van der Waals surface area contributed by atoms with Crippen LogP contribution in [0.3, 0.4) is 0 Å². The second-order valence-corrected chi connectivity index (χ2v) is 5.65. The number of para-hydroxylation sites is 1. The van der Waals surface area contributed by atoms with Gasteiger partial charge in [-0.2, -0.15) is 0 Å². The van der Waals surface area contributed by atoms with Crippen LogP contribution in [0.5, 0.6) is 0 Å². The summed E-state index contributed by atoms with van der Waals surface area (Å²) in [6.45, 7) is 0. The Morgan fingerprint density at radius 3 is 2.58 bits per heavy atom. The maximum atomic E-state index is 13.3. The minimum Gasteiger partial charge on any atom is -0.338 e. The van der Waals surface area contributed by atoms with Crippen molar-refractivity contribution in [3.63, 3.8) is 0 Å². The minimum atomic E-state index is -0.306. The maximum Gasteiger partial charge on any atom is 0.140 e. The van der Waals surface area contributed by atoms with Gasteiger partial charge >= 0.3 is 0 Å². The van der Waals surface area contributed by atoms with Crippen LogP contribution >= 0.6 is 31.9 Å². The van der Waals surface area contributed by atoms with E-state index in [0.717, 1.165) is 14.6 Å². The molecule has 96 valence electrons. The number of anilines is 2. The van der Waals surface area contributed by atoms with Gasteiger partial charge in [-0.3, -0.25) is 4.40 Å². The second kappa shape index (κ2) is 4.94. The van der Waals surface area contributed by atoms with E-state index in [1.54, 1.807) is 16.7 Å². The highest BCUT2D eigenvalue weighted by atomic mass is 79.9. The molecule has 0 aliphatic rings. The smallest absolute Gasteiger partial charge is 0.140 e. The molecule has 1 aromatic carbocycles. The molecule has 2 heterocycles. The lowest BCUT2D eigenvalue weighted by Gasteiger charge is -2.10. The molecule has 0 aliphatic heterocycles. The molecular formula is C13H8Br2FN3. The van der Waals surface area contributed by atoms with Gasteiger partial charge in [-0.1, -0.05) is 6.07 Å². The van der Waals surface area contributed by atoms with Crippen molar-refractivity contribution >= 4 is 49.0 Å². The number of imidazole rings is 1. The monoisotopic (exact) mass is 383 g/mol. The van der Waals surface area contributed by atoms with Gasteiger partial charge in [-0.15, -0.1) is 0 Å². The molecule has 0 amide bonds. The fraction of sp³-hybridized carbons (Fsp3) is 0. The lowest BCUT2D eigenvalue weighted by atomic mass is 10.3. The van der Waals surface area contributed by atoms with Crippen LogP contribution in [0.25, 0.3) is 5.65 Å². The summed E-state index contributed by atoms with van der Waals surface area (Å²) < 4.78 is 16.8. The van der Waals surface area contributed by atoms with E-state index >= 15 is 0 Å². The van der Waals surface area contributed by atoms with Gasteiger partial charge in [0.05, 0.1) is 11.9 Å². The number of nitrogens with zero attached hydrogens (tertiary/aromatic N) is 2. The zero-order valence-electron chi connectivity index (χ0n) is 9.57. The van der Waals surface area contributed by atoms with Crippen molar-refractivity contribution in [3.8, 4) is 0 Å². The van der Waals surface area contributed by atoms with E-state index < -0.39 is 0 Å². The van der Waals surface area contributed by atoms with Crippen molar-refractivity contribution in [2.24, 2.45) is 0 Å². The van der Waals surface area contributed by atoms with E-state index in [-0.39, 0.29) is 5.82 Å². The van der Waals surface area contributed by atoms with Gasteiger partial charge in [-0.25, -0.2) is 9.37 Å². The Hall–Kier alpha value is -1.40. The third-order valence-electron chi connectivity index (χ3n) is 2.69. The normalized spacial score (nSPS) is 10.9. The van der Waals surface area contributed by atoms with Gasteiger partial charge in [0, 0.05) is 15.1 Å². The number of rotatable bonds is 2. The van der Waals surface area contributed by atoms with Crippen LogP contribution in [0.2, 0.25) is 0 Å². The highest BCUT2D eigenvalue weighted by molar-refractivity contribution is 9.11. The molecule has 19 heavy (non-hydrogen) atoms. The van der Waals surface area contributed by atoms with Crippen LogP contribution in [0.15, 0.2) is 51.7 Å². The fourth-order valence-corrected chi connectivity index (χ4v) is 2.99. The fourth-order valence-electron chi connectivity index (χ4n) is 1.79. The van der Waals surface area contributed by atoms with E-state index in [1.165, 1.54) is 12.3 Å². The molecular weight excluding hydrogens is 377 g/mol. The predicted molar refractivity (Wildman–Crippen MR) is 80.3 cm³/mol. The van der Waals surface area contributed by atoms with E-state index in [0.29, 0.717) is 11.5 Å². The first-order valence-corrected chi connectivity index (χ1v) is 7.07. The zero-order chi connectivity index (χ0) is 13.4. The summed E-state index contributed by atoms with van der Waals surface area (Å²) in [5, 5.41) is 3.23. The summed E-state index contributed by atoms with van der Waals surface area (Å²) in [6.07, 6.45) is 3.07. The number of fused-ring (bicyclic) bond motifs is 1. The summed E-state index contributed by atoms with van der Waals surface area (Å²) >= 11 is 6.95. The van der Waals surface area contributed by atoms with Crippen molar-refractivity contribution in [1.29, 1.82) is 0 Å². The first-order valence-electron chi connectivity index (χ1n) is 5.49. The van der Waals surface area contributed by atoms with Gasteiger partial charge in [0.1, 0.15) is 17.3 Å². The molecule has 1 N–H and O–H groups in total. The first kappa shape index (κ1) is 12.6. The molecule has 0 atom stereocenters. The number of halogens is 3. The summed E-state index contributed by atoms with van der Waals surface area (Å²) in [5.74, 6) is 0.391. The van der Waals surface area contributed by atoms with Crippen molar-refractivity contribution in [2.45, 2.75) is 0 Å². The highest BCUT2D eigenvalue weighted by Crippen LogP contribution is 2.33. The molecule has 6 heteroatoms. The second-order valence-electron chi connectivity index (χ2n) is 3.94. The number of hydrogen-bond donors (Lipinski definition) is 1. The van der Waals surface area contributed by atoms with Crippen LogP contribution in [-0.4, -0.2) is 9.38 Å². The molecule has 0 aliphatic carbocycles. The molecule has 0 saturated heterocycles. The van der Waals surface area contributed by atoms with Gasteiger partial charge in [0.15, 0.2) is 0 Å². The van der Waals surface area contributed by atoms with Crippen molar-refractivity contribution in [3.05, 3.63) is 57.5 Å². The van der Waals surface area contributed by atoms with Crippen LogP contribution in [0.4, 0.5) is 15.9 Å². The van der Waals surface area contributed by atoms with Gasteiger partial charge in [-0.05, 0) is 56.1 Å². The quantitative estimate of drug-likeness (QED) is 0.691. The number of pyridine rings is 1. The average molecular weight is 385 g/mol. The Kier molecular flexibility index (Phi) is 3.28. The maximum absolute atomic E-state index is 13.3. The van der Waals surface area contributed by atoms with Gasteiger partial charge in [0.25, 0.3) is 0 Å². The molecule has 3 aromatic rings. The van der Waals surface area contributed by atoms with Crippen LogP contribution < -0.4 is 5.32 Å². The van der Waals surface area contributed by atoms with E-state index in [9.17, 15) is 4.39 Å². The Morgan fingerprint density at radius 1 is 1.11 bits per heavy atom. The Labute approximate surface area is 125 Å². The number of hydrogen-bond acceptors (Lipinski definition) is 2. The zero-order valence-corrected chi connectivity index (χ0v) is 12.7. The Balaban J connectivity index is 2.08. The molecule has 0 bridgehead atoms. The third-order valence-corrected chi connectivity index (χ3v) is 4.01. The number of benzene rings is 1. The SMILES string of the molecule is Fc1ccc2ncc(Nc3c(Br)cccc3Br)n2c1. The topological polar surface area (TPSA) is 29.3 Å². The third kappa shape index (κ3) is 2.37. The van der Waals surface area contributed by atoms with Crippen molar-refractivity contribution in [1.82, 2.24) is 9.38 Å². The van der Waals surface area contributed by atoms with Gasteiger partial charge < -0.3 is 5.32 Å². The molecule has 3 rings (SSSR count). The van der Waals surface area contributed by atoms with Crippen molar-refractivity contribution in [2.75, 3.05) is 5.32 Å². The summed E-state index contributed by atoms with van der Waals surface area (Å²) in [4.78, 5) is 4.22. The summed E-state index contributed by atoms with van der Waals surface area (Å²) in [7, 11) is 0. The van der Waals surface area contributed by atoms with Crippen LogP contribution in [0.1, 0.15) is 0 Å². The van der Waals surface area contributed by atoms with E-state index in [2.05, 4.69) is 42.2 Å². The first-order chi connectivity index (χ1) is 9.15. The van der Waals surface area contributed by atoms with Gasteiger partial charge in [0.2, 0.25) is 0 Å². The Bertz CT molecular complexity index is 734. The summed E-state index contributed by atoms with van der Waals surface area (Å²) in [6, 6.07) is 8.80. The molecule has 0 unspecified atom stereocenters. The summed E-state index contributed by atoms with van der Waals surface area (Å²) in [5.41, 5.74) is 1.56. The molecule has 3 nitrogen and oxygen atoms in total. The number of aromatic nitrogens is 2. The van der Waals surface area contributed by atoms with E-state index in [4.69, 9.17) is 0 Å².